The maximum Gasteiger partial charge on any atom is 0.0218 e. The van der Waals surface area contributed by atoms with Crippen LogP contribution in [0.25, 0.3) is 0 Å². The third-order valence-electron chi connectivity index (χ3n) is 4.02. The zero-order valence-electron chi connectivity index (χ0n) is 10.5. The monoisotopic (exact) mass is 210 g/mol. The number of hydrogen-bond acceptors (Lipinski definition) is 2. The third-order valence-corrected chi connectivity index (χ3v) is 4.02. The van der Waals surface area contributed by atoms with Crippen LogP contribution in [0.2, 0.25) is 0 Å². The van der Waals surface area contributed by atoms with E-state index in [-0.39, 0.29) is 0 Å². The van der Waals surface area contributed by atoms with Gasteiger partial charge in [-0.3, -0.25) is 4.90 Å². The van der Waals surface area contributed by atoms with Crippen molar-refractivity contribution in [2.75, 3.05) is 19.6 Å². The Morgan fingerprint density at radius 2 is 2.00 bits per heavy atom. The van der Waals surface area contributed by atoms with Crippen LogP contribution in [0.3, 0.4) is 0 Å². The van der Waals surface area contributed by atoms with E-state index in [0.29, 0.717) is 6.04 Å². The van der Waals surface area contributed by atoms with Crippen LogP contribution in [0, 0.1) is 11.8 Å². The smallest absolute Gasteiger partial charge is 0.0218 e. The highest BCUT2D eigenvalue weighted by Gasteiger charge is 2.30. The number of rotatable bonds is 3. The van der Waals surface area contributed by atoms with Gasteiger partial charge in [-0.1, -0.05) is 13.8 Å². The molecule has 0 radical (unpaired) electrons. The standard InChI is InChI=1S/C13H26N2/c1-10(2)13-9-15(8-12-4-5-12)11(3)6-7-14-13/h10-14H,4-9H2,1-3H3. The van der Waals surface area contributed by atoms with E-state index < -0.39 is 0 Å². The molecule has 2 fully saturated rings. The fraction of sp³-hybridized carbons (Fsp3) is 1.00. The van der Waals surface area contributed by atoms with Gasteiger partial charge in [0, 0.05) is 25.2 Å². The highest BCUT2D eigenvalue weighted by Crippen LogP contribution is 2.31. The summed E-state index contributed by atoms with van der Waals surface area (Å²) in [5.41, 5.74) is 0. The first-order valence-corrected chi connectivity index (χ1v) is 6.64. The van der Waals surface area contributed by atoms with Gasteiger partial charge >= 0.3 is 0 Å². The predicted octanol–water partition coefficient (Wildman–Crippen LogP) is 2.10. The molecule has 0 amide bonds. The lowest BCUT2D eigenvalue weighted by molar-refractivity contribution is 0.184. The molecule has 0 aromatic rings. The van der Waals surface area contributed by atoms with Crippen molar-refractivity contribution in [1.29, 1.82) is 0 Å². The summed E-state index contributed by atoms with van der Waals surface area (Å²) in [7, 11) is 0. The van der Waals surface area contributed by atoms with Gasteiger partial charge in [0.1, 0.15) is 0 Å². The summed E-state index contributed by atoms with van der Waals surface area (Å²) in [4.78, 5) is 2.72. The van der Waals surface area contributed by atoms with Crippen LogP contribution in [-0.2, 0) is 0 Å². The molecule has 2 atom stereocenters. The van der Waals surface area contributed by atoms with Gasteiger partial charge in [-0.05, 0) is 44.6 Å². The first kappa shape index (κ1) is 11.4. The second kappa shape index (κ2) is 4.84. The van der Waals surface area contributed by atoms with Gasteiger partial charge < -0.3 is 5.32 Å². The van der Waals surface area contributed by atoms with Crippen LogP contribution >= 0.6 is 0 Å². The van der Waals surface area contributed by atoms with Crippen molar-refractivity contribution >= 4 is 0 Å². The zero-order chi connectivity index (χ0) is 10.8. The van der Waals surface area contributed by atoms with Crippen LogP contribution in [0.4, 0.5) is 0 Å². The SMILES string of the molecule is CC(C)C1CN(CC2CC2)C(C)CCN1. The van der Waals surface area contributed by atoms with Crippen LogP contribution < -0.4 is 5.32 Å². The lowest BCUT2D eigenvalue weighted by Crippen LogP contribution is -2.43. The second-order valence-electron chi connectivity index (χ2n) is 5.84. The minimum atomic E-state index is 0.702. The van der Waals surface area contributed by atoms with Crippen molar-refractivity contribution in [1.82, 2.24) is 10.2 Å². The van der Waals surface area contributed by atoms with Gasteiger partial charge in [0.05, 0.1) is 0 Å². The molecule has 0 bridgehead atoms. The van der Waals surface area contributed by atoms with Crippen LogP contribution in [0.5, 0.6) is 0 Å². The van der Waals surface area contributed by atoms with E-state index in [0.717, 1.165) is 17.9 Å². The molecule has 1 aliphatic heterocycles. The van der Waals surface area contributed by atoms with Gasteiger partial charge in [0.2, 0.25) is 0 Å². The first-order valence-electron chi connectivity index (χ1n) is 6.64. The summed E-state index contributed by atoms with van der Waals surface area (Å²) in [5.74, 6) is 1.79. The minimum absolute atomic E-state index is 0.702. The number of nitrogens with zero attached hydrogens (tertiary/aromatic N) is 1. The molecule has 2 aliphatic rings. The topological polar surface area (TPSA) is 15.3 Å². The van der Waals surface area contributed by atoms with Gasteiger partial charge in [0.15, 0.2) is 0 Å². The fourth-order valence-electron chi connectivity index (χ4n) is 2.49. The molecule has 88 valence electrons. The van der Waals surface area contributed by atoms with Crippen molar-refractivity contribution < 1.29 is 0 Å². The van der Waals surface area contributed by atoms with E-state index in [9.17, 15) is 0 Å². The minimum Gasteiger partial charge on any atom is -0.312 e. The molecular weight excluding hydrogens is 184 g/mol. The Hall–Kier alpha value is -0.0800. The first-order chi connectivity index (χ1) is 7.16. The van der Waals surface area contributed by atoms with E-state index in [4.69, 9.17) is 0 Å². The van der Waals surface area contributed by atoms with Crippen LogP contribution in [0.1, 0.15) is 40.0 Å². The van der Waals surface area contributed by atoms with Crippen LogP contribution in [-0.4, -0.2) is 36.6 Å². The molecule has 2 nitrogen and oxygen atoms in total. The molecule has 1 saturated carbocycles. The molecule has 2 rings (SSSR count). The maximum absolute atomic E-state index is 3.69. The fourth-order valence-corrected chi connectivity index (χ4v) is 2.49. The molecule has 1 heterocycles. The van der Waals surface area contributed by atoms with Crippen molar-refractivity contribution in [3.63, 3.8) is 0 Å². The van der Waals surface area contributed by atoms with Crippen molar-refractivity contribution in [2.45, 2.75) is 52.1 Å². The Morgan fingerprint density at radius 1 is 1.27 bits per heavy atom. The van der Waals surface area contributed by atoms with E-state index in [1.165, 1.54) is 38.9 Å². The number of hydrogen-bond donors (Lipinski definition) is 1. The van der Waals surface area contributed by atoms with Crippen molar-refractivity contribution in [2.24, 2.45) is 11.8 Å². The number of nitrogens with one attached hydrogen (secondary N) is 1. The van der Waals surface area contributed by atoms with E-state index in [2.05, 4.69) is 31.0 Å². The largest absolute Gasteiger partial charge is 0.312 e. The summed E-state index contributed by atoms with van der Waals surface area (Å²) in [6.45, 7) is 10.9. The molecule has 1 N–H and O–H groups in total. The van der Waals surface area contributed by atoms with E-state index in [1.54, 1.807) is 0 Å². The van der Waals surface area contributed by atoms with Gasteiger partial charge in [-0.2, -0.15) is 0 Å². The lowest BCUT2D eigenvalue weighted by Gasteiger charge is -2.30. The molecule has 0 spiro atoms. The quantitative estimate of drug-likeness (QED) is 0.767. The van der Waals surface area contributed by atoms with E-state index >= 15 is 0 Å². The predicted molar refractivity (Wildman–Crippen MR) is 65.0 cm³/mol. The average Bonchev–Trinajstić information content (AvgIpc) is 2.97. The maximum atomic E-state index is 3.69. The highest BCUT2D eigenvalue weighted by molar-refractivity contribution is 4.86. The molecule has 1 aliphatic carbocycles. The molecule has 0 aromatic heterocycles. The molecule has 2 unspecified atom stereocenters. The Bertz CT molecular complexity index is 199. The van der Waals surface area contributed by atoms with Gasteiger partial charge in [-0.25, -0.2) is 0 Å². The van der Waals surface area contributed by atoms with Crippen molar-refractivity contribution in [3.8, 4) is 0 Å². The summed E-state index contributed by atoms with van der Waals surface area (Å²) in [6, 6.07) is 1.48. The average molecular weight is 210 g/mol. The second-order valence-corrected chi connectivity index (χ2v) is 5.84. The zero-order valence-corrected chi connectivity index (χ0v) is 10.5. The van der Waals surface area contributed by atoms with E-state index in [1.807, 2.05) is 0 Å². The van der Waals surface area contributed by atoms with Crippen molar-refractivity contribution in [3.05, 3.63) is 0 Å². The van der Waals surface area contributed by atoms with Gasteiger partial charge in [0.25, 0.3) is 0 Å². The Balaban J connectivity index is 1.91. The highest BCUT2D eigenvalue weighted by atomic mass is 15.2. The summed E-state index contributed by atoms with van der Waals surface area (Å²) in [5, 5.41) is 3.69. The third kappa shape index (κ3) is 3.18. The molecule has 2 heteroatoms. The molecule has 0 aromatic carbocycles. The Morgan fingerprint density at radius 3 is 2.60 bits per heavy atom. The Kier molecular flexibility index (Phi) is 3.68. The van der Waals surface area contributed by atoms with Crippen LogP contribution in [0.15, 0.2) is 0 Å². The Labute approximate surface area is 94.4 Å². The summed E-state index contributed by atoms with van der Waals surface area (Å²) in [6.07, 6.45) is 4.27. The molecular formula is C13H26N2. The lowest BCUT2D eigenvalue weighted by atomic mass is 10.0. The van der Waals surface area contributed by atoms with Gasteiger partial charge in [-0.15, -0.1) is 0 Å². The summed E-state index contributed by atoms with van der Waals surface area (Å²) >= 11 is 0. The normalized spacial score (nSPS) is 34.4. The molecule has 15 heavy (non-hydrogen) atoms. The summed E-state index contributed by atoms with van der Waals surface area (Å²) < 4.78 is 0. The molecule has 1 saturated heterocycles.